The van der Waals surface area contributed by atoms with Crippen molar-refractivity contribution in [3.05, 3.63) is 35.9 Å². The Hall–Kier alpha value is -1.84. The maximum absolute atomic E-state index is 12.8. The second-order valence-electron chi connectivity index (χ2n) is 7.97. The molecule has 0 bridgehead atoms. The van der Waals surface area contributed by atoms with Gasteiger partial charge in [0.15, 0.2) is 0 Å². The van der Waals surface area contributed by atoms with Crippen molar-refractivity contribution >= 4 is 11.8 Å². The fourth-order valence-electron chi connectivity index (χ4n) is 3.39. The van der Waals surface area contributed by atoms with E-state index in [1.54, 1.807) is 0 Å². The summed E-state index contributed by atoms with van der Waals surface area (Å²) in [6, 6.07) is 10.3. The first-order chi connectivity index (χ1) is 11.8. The monoisotopic (exact) mass is 344 g/mol. The summed E-state index contributed by atoms with van der Waals surface area (Å²) in [5.74, 6) is 0.496. The van der Waals surface area contributed by atoms with E-state index in [0.717, 1.165) is 32.4 Å². The molecule has 2 amide bonds. The third-order valence-corrected chi connectivity index (χ3v) is 4.98. The molecule has 2 rings (SSSR count). The van der Waals surface area contributed by atoms with E-state index in [0.29, 0.717) is 13.1 Å². The van der Waals surface area contributed by atoms with E-state index >= 15 is 0 Å². The van der Waals surface area contributed by atoms with Crippen LogP contribution in [0.2, 0.25) is 0 Å². The Morgan fingerprint density at radius 2 is 1.72 bits per heavy atom. The molecule has 0 N–H and O–H groups in total. The highest BCUT2D eigenvalue weighted by atomic mass is 16.2. The molecule has 1 aliphatic rings. The quantitative estimate of drug-likeness (QED) is 0.822. The molecule has 0 aliphatic carbocycles. The Morgan fingerprint density at radius 1 is 1.12 bits per heavy atom. The summed E-state index contributed by atoms with van der Waals surface area (Å²) in [6.45, 7) is 10.8. The zero-order chi connectivity index (χ0) is 18.4. The standard InChI is InChI=1S/C21H32N2O2/c1-5-22(14-11-17-9-7-6-8-10-17)19(24)18-12-15-23(16-13-18)20(25)21(2,3)4/h6-10,18H,5,11-16H2,1-4H3. The van der Waals surface area contributed by atoms with Crippen molar-refractivity contribution in [2.24, 2.45) is 11.3 Å². The fourth-order valence-corrected chi connectivity index (χ4v) is 3.39. The number of likely N-dealkylation sites (tertiary alicyclic amines) is 1. The van der Waals surface area contributed by atoms with Gasteiger partial charge in [-0.25, -0.2) is 0 Å². The third-order valence-electron chi connectivity index (χ3n) is 4.98. The molecule has 0 radical (unpaired) electrons. The zero-order valence-electron chi connectivity index (χ0n) is 16.1. The van der Waals surface area contributed by atoms with Crippen molar-refractivity contribution in [1.29, 1.82) is 0 Å². The third kappa shape index (κ3) is 5.32. The minimum Gasteiger partial charge on any atom is -0.342 e. The molecule has 0 aromatic heterocycles. The Bertz CT molecular complexity index is 569. The van der Waals surface area contributed by atoms with Crippen molar-refractivity contribution in [3.63, 3.8) is 0 Å². The summed E-state index contributed by atoms with van der Waals surface area (Å²) in [6.07, 6.45) is 2.45. The van der Waals surface area contributed by atoms with Crippen LogP contribution in [-0.4, -0.2) is 47.8 Å². The van der Waals surface area contributed by atoms with E-state index in [1.807, 2.05) is 55.7 Å². The number of carbonyl (C=O) groups excluding carboxylic acids is 2. The second kappa shape index (κ2) is 8.50. The summed E-state index contributed by atoms with van der Waals surface area (Å²) in [5.41, 5.74) is 0.918. The highest BCUT2D eigenvalue weighted by Crippen LogP contribution is 2.24. The zero-order valence-corrected chi connectivity index (χ0v) is 16.1. The lowest BCUT2D eigenvalue weighted by atomic mass is 9.90. The number of carbonyl (C=O) groups is 2. The van der Waals surface area contributed by atoms with Gasteiger partial charge in [0, 0.05) is 37.5 Å². The number of nitrogens with zero attached hydrogens (tertiary/aromatic N) is 2. The molecule has 138 valence electrons. The van der Waals surface area contributed by atoms with E-state index < -0.39 is 0 Å². The molecular formula is C21H32N2O2. The molecule has 4 nitrogen and oxygen atoms in total. The summed E-state index contributed by atoms with van der Waals surface area (Å²) in [4.78, 5) is 29.1. The fraction of sp³-hybridized carbons (Fsp3) is 0.619. The summed E-state index contributed by atoms with van der Waals surface area (Å²) in [5, 5.41) is 0. The SMILES string of the molecule is CCN(CCc1ccccc1)C(=O)C1CCN(C(=O)C(C)(C)C)CC1. The molecule has 1 heterocycles. The largest absolute Gasteiger partial charge is 0.342 e. The van der Waals surface area contributed by atoms with Gasteiger partial charge in [-0.3, -0.25) is 9.59 Å². The topological polar surface area (TPSA) is 40.6 Å². The van der Waals surface area contributed by atoms with E-state index in [-0.39, 0.29) is 23.1 Å². The van der Waals surface area contributed by atoms with Gasteiger partial charge in [-0.05, 0) is 31.7 Å². The van der Waals surface area contributed by atoms with Crippen LogP contribution in [0.5, 0.6) is 0 Å². The predicted octanol–water partition coefficient (Wildman–Crippen LogP) is 3.36. The maximum atomic E-state index is 12.8. The summed E-state index contributed by atoms with van der Waals surface area (Å²) >= 11 is 0. The van der Waals surface area contributed by atoms with Crippen molar-refractivity contribution in [2.75, 3.05) is 26.2 Å². The average molecular weight is 344 g/mol. The number of amides is 2. The van der Waals surface area contributed by atoms with Crippen LogP contribution in [0.15, 0.2) is 30.3 Å². The first kappa shape index (κ1) is 19.5. The van der Waals surface area contributed by atoms with Gasteiger partial charge in [-0.1, -0.05) is 51.1 Å². The molecular weight excluding hydrogens is 312 g/mol. The van der Waals surface area contributed by atoms with Gasteiger partial charge in [0.05, 0.1) is 0 Å². The first-order valence-electron chi connectivity index (χ1n) is 9.45. The predicted molar refractivity (Wildman–Crippen MR) is 101 cm³/mol. The van der Waals surface area contributed by atoms with Crippen LogP contribution in [0.3, 0.4) is 0 Å². The van der Waals surface area contributed by atoms with Gasteiger partial charge in [0.2, 0.25) is 11.8 Å². The highest BCUT2D eigenvalue weighted by molar-refractivity contribution is 5.82. The van der Waals surface area contributed by atoms with Crippen LogP contribution in [-0.2, 0) is 16.0 Å². The van der Waals surface area contributed by atoms with Gasteiger partial charge in [0.1, 0.15) is 0 Å². The van der Waals surface area contributed by atoms with Crippen LogP contribution in [0, 0.1) is 11.3 Å². The van der Waals surface area contributed by atoms with E-state index in [9.17, 15) is 9.59 Å². The minimum absolute atomic E-state index is 0.0553. The lowest BCUT2D eigenvalue weighted by molar-refractivity contribution is -0.144. The summed E-state index contributed by atoms with van der Waals surface area (Å²) < 4.78 is 0. The number of likely N-dealkylation sites (N-methyl/N-ethyl adjacent to an activating group) is 1. The lowest BCUT2D eigenvalue weighted by Gasteiger charge is -2.36. The molecule has 1 saturated heterocycles. The van der Waals surface area contributed by atoms with Gasteiger partial charge < -0.3 is 9.80 Å². The van der Waals surface area contributed by atoms with E-state index in [2.05, 4.69) is 12.1 Å². The van der Waals surface area contributed by atoms with Gasteiger partial charge in [-0.15, -0.1) is 0 Å². The van der Waals surface area contributed by atoms with Crippen LogP contribution >= 0.6 is 0 Å². The smallest absolute Gasteiger partial charge is 0.227 e. The van der Waals surface area contributed by atoms with Crippen molar-refractivity contribution in [1.82, 2.24) is 9.80 Å². The maximum Gasteiger partial charge on any atom is 0.227 e. The van der Waals surface area contributed by atoms with Gasteiger partial charge in [-0.2, -0.15) is 0 Å². The Kier molecular flexibility index (Phi) is 6.63. The second-order valence-corrected chi connectivity index (χ2v) is 7.97. The minimum atomic E-state index is -0.345. The van der Waals surface area contributed by atoms with E-state index in [4.69, 9.17) is 0 Å². The number of hydrogen-bond acceptors (Lipinski definition) is 2. The van der Waals surface area contributed by atoms with Crippen LogP contribution in [0.1, 0.15) is 46.1 Å². The van der Waals surface area contributed by atoms with Crippen LogP contribution in [0.4, 0.5) is 0 Å². The number of rotatable bonds is 5. The van der Waals surface area contributed by atoms with Crippen LogP contribution < -0.4 is 0 Å². The van der Waals surface area contributed by atoms with Gasteiger partial charge in [0.25, 0.3) is 0 Å². The van der Waals surface area contributed by atoms with Crippen LogP contribution in [0.25, 0.3) is 0 Å². The molecule has 4 heteroatoms. The molecule has 0 spiro atoms. The number of hydrogen-bond donors (Lipinski definition) is 0. The van der Waals surface area contributed by atoms with E-state index in [1.165, 1.54) is 5.56 Å². The van der Waals surface area contributed by atoms with Gasteiger partial charge >= 0.3 is 0 Å². The van der Waals surface area contributed by atoms with Crippen molar-refractivity contribution < 1.29 is 9.59 Å². The Labute approximate surface area is 152 Å². The molecule has 25 heavy (non-hydrogen) atoms. The molecule has 1 fully saturated rings. The molecule has 0 atom stereocenters. The number of benzene rings is 1. The molecule has 1 aliphatic heterocycles. The number of piperidine rings is 1. The van der Waals surface area contributed by atoms with Crippen molar-refractivity contribution in [3.8, 4) is 0 Å². The molecule has 1 aromatic rings. The lowest BCUT2D eigenvalue weighted by Crippen LogP contribution is -2.47. The first-order valence-corrected chi connectivity index (χ1v) is 9.45. The Morgan fingerprint density at radius 3 is 2.24 bits per heavy atom. The highest BCUT2D eigenvalue weighted by Gasteiger charge is 2.33. The summed E-state index contributed by atoms with van der Waals surface area (Å²) in [7, 11) is 0. The normalized spacial score (nSPS) is 15.9. The molecule has 0 unspecified atom stereocenters. The molecule has 0 saturated carbocycles. The average Bonchev–Trinajstić information content (AvgIpc) is 2.61. The van der Waals surface area contributed by atoms with Crippen molar-refractivity contribution in [2.45, 2.75) is 47.0 Å². The molecule has 1 aromatic carbocycles. The Balaban J connectivity index is 1.86.